The number of aromatic nitrogens is 2. The van der Waals surface area contributed by atoms with Crippen molar-refractivity contribution in [2.45, 2.75) is 39.4 Å². The van der Waals surface area contributed by atoms with E-state index >= 15 is 0 Å². The SMILES string of the molecule is CCC(C(=O)Nc1cccc(C(F)(F)F)c1)n1cnc2sc(C)c(-c3ccc(C)cc3)c2c1=O. The van der Waals surface area contributed by atoms with Gasteiger partial charge in [-0.15, -0.1) is 11.3 Å². The molecular weight excluding hydrogens is 463 g/mol. The van der Waals surface area contributed by atoms with Crippen LogP contribution in [0.2, 0.25) is 0 Å². The number of aryl methyl sites for hydroxylation is 2. The minimum absolute atomic E-state index is 0.00656. The molecule has 0 saturated carbocycles. The van der Waals surface area contributed by atoms with Crippen LogP contribution in [-0.2, 0) is 11.0 Å². The first kappa shape index (κ1) is 23.7. The normalized spacial score (nSPS) is 12.6. The molecule has 0 bridgehead atoms. The summed E-state index contributed by atoms with van der Waals surface area (Å²) in [6.45, 7) is 5.63. The Morgan fingerprint density at radius 2 is 1.85 bits per heavy atom. The van der Waals surface area contributed by atoms with E-state index in [1.807, 2.05) is 38.1 Å². The highest BCUT2D eigenvalue weighted by molar-refractivity contribution is 7.19. The highest BCUT2D eigenvalue weighted by Gasteiger charge is 2.31. The van der Waals surface area contributed by atoms with Gasteiger partial charge in [-0.2, -0.15) is 13.2 Å². The van der Waals surface area contributed by atoms with Gasteiger partial charge < -0.3 is 5.32 Å². The van der Waals surface area contributed by atoms with E-state index in [9.17, 15) is 22.8 Å². The minimum atomic E-state index is -4.53. The second-order valence-electron chi connectivity index (χ2n) is 8.03. The zero-order chi connectivity index (χ0) is 24.6. The molecule has 1 atom stereocenters. The fourth-order valence-corrected chi connectivity index (χ4v) is 4.92. The Balaban J connectivity index is 1.74. The number of nitrogens with one attached hydrogen (secondary N) is 1. The first-order chi connectivity index (χ1) is 16.1. The van der Waals surface area contributed by atoms with Gasteiger partial charge in [-0.25, -0.2) is 4.98 Å². The lowest BCUT2D eigenvalue weighted by molar-refractivity contribution is -0.137. The lowest BCUT2D eigenvalue weighted by Crippen LogP contribution is -2.33. The Bertz CT molecular complexity index is 1420. The summed E-state index contributed by atoms with van der Waals surface area (Å²) in [4.78, 5) is 32.5. The molecule has 0 spiro atoms. The summed E-state index contributed by atoms with van der Waals surface area (Å²) in [6, 6.07) is 11.3. The van der Waals surface area contributed by atoms with Crippen LogP contribution in [0, 0.1) is 13.8 Å². The predicted molar refractivity (Wildman–Crippen MR) is 128 cm³/mol. The number of alkyl halides is 3. The van der Waals surface area contributed by atoms with E-state index < -0.39 is 23.7 Å². The average molecular weight is 486 g/mol. The van der Waals surface area contributed by atoms with Gasteiger partial charge in [0.2, 0.25) is 5.91 Å². The summed E-state index contributed by atoms with van der Waals surface area (Å²) in [5.41, 5.74) is 1.53. The van der Waals surface area contributed by atoms with Crippen molar-refractivity contribution in [2.75, 3.05) is 5.32 Å². The summed E-state index contributed by atoms with van der Waals surface area (Å²) in [6.07, 6.45) is -2.94. The van der Waals surface area contributed by atoms with E-state index in [1.54, 1.807) is 6.92 Å². The third-order valence-electron chi connectivity index (χ3n) is 5.64. The van der Waals surface area contributed by atoms with Crippen molar-refractivity contribution in [2.24, 2.45) is 0 Å². The van der Waals surface area contributed by atoms with Crippen LogP contribution in [0.4, 0.5) is 18.9 Å². The molecule has 4 rings (SSSR count). The molecule has 1 N–H and O–H groups in total. The molecule has 34 heavy (non-hydrogen) atoms. The van der Waals surface area contributed by atoms with Gasteiger partial charge in [0.05, 0.1) is 17.3 Å². The number of thiophene rings is 1. The molecule has 9 heteroatoms. The number of halogens is 3. The number of carbonyl (C=O) groups is 1. The van der Waals surface area contributed by atoms with Gasteiger partial charge in [-0.1, -0.05) is 42.8 Å². The van der Waals surface area contributed by atoms with E-state index in [1.165, 1.54) is 34.4 Å². The quantitative estimate of drug-likeness (QED) is 0.358. The van der Waals surface area contributed by atoms with Gasteiger partial charge in [0.25, 0.3) is 5.56 Å². The third-order valence-corrected chi connectivity index (χ3v) is 6.65. The standard InChI is InChI=1S/C25H22F3N3O2S/c1-4-19(22(32)30-18-7-5-6-17(12-18)25(26,27)28)31-13-29-23-21(24(31)33)20(15(3)34-23)16-10-8-14(2)9-11-16/h5-13,19H,4H2,1-3H3,(H,30,32). The maximum absolute atomic E-state index is 13.5. The van der Waals surface area contributed by atoms with Crippen LogP contribution in [0.25, 0.3) is 21.3 Å². The molecule has 0 aliphatic heterocycles. The zero-order valence-electron chi connectivity index (χ0n) is 18.7. The fourth-order valence-electron chi connectivity index (χ4n) is 3.91. The molecule has 1 amide bonds. The van der Waals surface area contributed by atoms with Gasteiger partial charge in [0.15, 0.2) is 0 Å². The van der Waals surface area contributed by atoms with Crippen LogP contribution in [0.3, 0.4) is 0 Å². The van der Waals surface area contributed by atoms with Crippen LogP contribution in [-0.4, -0.2) is 15.5 Å². The Morgan fingerprint density at radius 1 is 1.15 bits per heavy atom. The number of benzene rings is 2. The topological polar surface area (TPSA) is 64.0 Å². The first-order valence-electron chi connectivity index (χ1n) is 10.7. The number of hydrogen-bond donors (Lipinski definition) is 1. The lowest BCUT2D eigenvalue weighted by atomic mass is 10.0. The maximum Gasteiger partial charge on any atom is 0.416 e. The molecule has 0 aliphatic rings. The van der Waals surface area contributed by atoms with E-state index in [2.05, 4.69) is 10.3 Å². The number of nitrogens with zero attached hydrogens (tertiary/aromatic N) is 2. The van der Waals surface area contributed by atoms with Crippen LogP contribution < -0.4 is 10.9 Å². The molecule has 0 radical (unpaired) electrons. The number of fused-ring (bicyclic) bond motifs is 1. The van der Waals surface area contributed by atoms with Crippen molar-refractivity contribution in [3.05, 3.63) is 81.2 Å². The van der Waals surface area contributed by atoms with Crippen molar-refractivity contribution in [3.63, 3.8) is 0 Å². The molecular formula is C25H22F3N3O2S. The summed E-state index contributed by atoms with van der Waals surface area (Å²) >= 11 is 1.40. The zero-order valence-corrected chi connectivity index (χ0v) is 19.6. The molecule has 2 heterocycles. The van der Waals surface area contributed by atoms with Crippen molar-refractivity contribution in [3.8, 4) is 11.1 Å². The lowest BCUT2D eigenvalue weighted by Gasteiger charge is -2.18. The number of anilines is 1. The number of carbonyl (C=O) groups excluding carboxylic acids is 1. The minimum Gasteiger partial charge on any atom is -0.324 e. The summed E-state index contributed by atoms with van der Waals surface area (Å²) < 4.78 is 40.4. The van der Waals surface area contributed by atoms with Crippen molar-refractivity contribution in [1.29, 1.82) is 0 Å². The molecule has 0 saturated heterocycles. The Labute approximate surface area is 197 Å². The van der Waals surface area contributed by atoms with Crippen LogP contribution in [0.15, 0.2) is 59.7 Å². The average Bonchev–Trinajstić information content (AvgIpc) is 3.12. The summed E-state index contributed by atoms with van der Waals surface area (Å²) in [7, 11) is 0. The van der Waals surface area contributed by atoms with Crippen molar-refractivity contribution >= 4 is 33.1 Å². The molecule has 2 aromatic heterocycles. The summed E-state index contributed by atoms with van der Waals surface area (Å²) in [5.74, 6) is -0.589. The molecule has 176 valence electrons. The molecule has 2 aromatic carbocycles. The molecule has 4 aromatic rings. The van der Waals surface area contributed by atoms with Crippen molar-refractivity contribution in [1.82, 2.24) is 9.55 Å². The van der Waals surface area contributed by atoms with Gasteiger partial charge >= 0.3 is 6.18 Å². The number of amides is 1. The third kappa shape index (κ3) is 4.48. The monoisotopic (exact) mass is 485 g/mol. The molecule has 5 nitrogen and oxygen atoms in total. The highest BCUT2D eigenvalue weighted by Crippen LogP contribution is 2.36. The highest BCUT2D eigenvalue weighted by atomic mass is 32.1. The predicted octanol–water partition coefficient (Wildman–Crippen LogP) is 6.35. The van der Waals surface area contributed by atoms with E-state index in [0.29, 0.717) is 10.2 Å². The maximum atomic E-state index is 13.5. The second-order valence-corrected chi connectivity index (χ2v) is 9.23. The van der Waals surface area contributed by atoms with E-state index in [-0.39, 0.29) is 17.7 Å². The Kier molecular flexibility index (Phi) is 6.31. The number of rotatable bonds is 5. The van der Waals surface area contributed by atoms with Gasteiger partial charge in [0, 0.05) is 16.1 Å². The van der Waals surface area contributed by atoms with Crippen LogP contribution >= 0.6 is 11.3 Å². The second kappa shape index (κ2) is 9.06. The van der Waals surface area contributed by atoms with E-state index in [0.717, 1.165) is 33.7 Å². The Morgan fingerprint density at radius 3 is 2.50 bits per heavy atom. The molecule has 0 aliphatic carbocycles. The Hall–Kier alpha value is -3.46. The fraction of sp³-hybridized carbons (Fsp3) is 0.240. The van der Waals surface area contributed by atoms with Gasteiger partial charge in [-0.3, -0.25) is 14.2 Å². The van der Waals surface area contributed by atoms with Crippen molar-refractivity contribution < 1.29 is 18.0 Å². The summed E-state index contributed by atoms with van der Waals surface area (Å²) in [5, 5.41) is 2.94. The number of hydrogen-bond acceptors (Lipinski definition) is 4. The first-order valence-corrected chi connectivity index (χ1v) is 11.5. The van der Waals surface area contributed by atoms with Crippen LogP contribution in [0.5, 0.6) is 0 Å². The van der Waals surface area contributed by atoms with Gasteiger partial charge in [0.1, 0.15) is 10.9 Å². The molecule has 1 unspecified atom stereocenters. The largest absolute Gasteiger partial charge is 0.416 e. The van der Waals surface area contributed by atoms with Crippen LogP contribution in [0.1, 0.15) is 35.4 Å². The van der Waals surface area contributed by atoms with Gasteiger partial charge in [-0.05, 0) is 44.0 Å². The van der Waals surface area contributed by atoms with E-state index in [4.69, 9.17) is 0 Å². The smallest absolute Gasteiger partial charge is 0.324 e. The molecule has 0 fully saturated rings.